The van der Waals surface area contributed by atoms with Crippen molar-refractivity contribution < 1.29 is 10.0 Å². The van der Waals surface area contributed by atoms with E-state index in [-0.39, 0.29) is 0 Å². The zero-order valence-corrected chi connectivity index (χ0v) is 9.58. The molecule has 2 N–H and O–H groups in total. The molecular weight excluding hydrogens is 228 g/mol. The van der Waals surface area contributed by atoms with E-state index in [2.05, 4.69) is 10.5 Å². The molecule has 0 saturated heterocycles. The Morgan fingerprint density at radius 2 is 1.78 bits per heavy atom. The average Bonchev–Trinajstić information content (AvgIpc) is 2.40. The molecule has 2 aromatic rings. The van der Waals surface area contributed by atoms with Crippen LogP contribution in [0.3, 0.4) is 0 Å². The first-order chi connectivity index (χ1) is 8.79. The van der Waals surface area contributed by atoms with Crippen LogP contribution in [0.15, 0.2) is 59.8 Å². The van der Waals surface area contributed by atoms with Crippen LogP contribution in [0.2, 0.25) is 0 Å². The van der Waals surface area contributed by atoms with Crippen LogP contribution < -0.4 is 5.32 Å². The van der Waals surface area contributed by atoms with Crippen LogP contribution in [-0.4, -0.2) is 17.3 Å². The van der Waals surface area contributed by atoms with Gasteiger partial charge in [0.05, 0.1) is 0 Å². The lowest BCUT2D eigenvalue weighted by Gasteiger charge is -2.05. The summed E-state index contributed by atoms with van der Waals surface area (Å²) >= 11 is 0. The SMILES string of the molecule is O=C(/C=N\O)Nc1cccc(-c2ccccc2)c1. The number of hydrogen-bond acceptors (Lipinski definition) is 3. The van der Waals surface area contributed by atoms with Gasteiger partial charge in [-0.2, -0.15) is 0 Å². The summed E-state index contributed by atoms with van der Waals surface area (Å²) < 4.78 is 0. The number of anilines is 1. The molecule has 0 aromatic heterocycles. The van der Waals surface area contributed by atoms with Crippen LogP contribution in [0.4, 0.5) is 5.69 Å². The fraction of sp³-hybridized carbons (Fsp3) is 0. The van der Waals surface area contributed by atoms with E-state index in [1.165, 1.54) is 0 Å². The van der Waals surface area contributed by atoms with Crippen LogP contribution in [0.1, 0.15) is 0 Å². The number of amides is 1. The molecule has 0 aliphatic heterocycles. The van der Waals surface area contributed by atoms with Crippen molar-refractivity contribution in [1.29, 1.82) is 0 Å². The summed E-state index contributed by atoms with van der Waals surface area (Å²) in [5, 5.41) is 13.5. The van der Waals surface area contributed by atoms with Crippen molar-refractivity contribution in [2.45, 2.75) is 0 Å². The normalized spacial score (nSPS) is 10.4. The van der Waals surface area contributed by atoms with E-state index in [0.717, 1.165) is 17.3 Å². The average molecular weight is 240 g/mol. The van der Waals surface area contributed by atoms with Gasteiger partial charge >= 0.3 is 0 Å². The molecule has 2 aromatic carbocycles. The number of oxime groups is 1. The Balaban J connectivity index is 2.23. The summed E-state index contributed by atoms with van der Waals surface area (Å²) in [5.41, 5.74) is 2.74. The Labute approximate surface area is 105 Å². The molecule has 0 spiro atoms. The third-order valence-corrected chi connectivity index (χ3v) is 2.41. The highest BCUT2D eigenvalue weighted by Gasteiger charge is 2.01. The van der Waals surface area contributed by atoms with Crippen molar-refractivity contribution in [3.63, 3.8) is 0 Å². The van der Waals surface area contributed by atoms with Gasteiger partial charge < -0.3 is 10.5 Å². The highest BCUT2D eigenvalue weighted by Crippen LogP contribution is 2.22. The first kappa shape index (κ1) is 11.9. The predicted molar refractivity (Wildman–Crippen MR) is 70.8 cm³/mol. The third-order valence-electron chi connectivity index (χ3n) is 2.41. The second-order valence-electron chi connectivity index (χ2n) is 3.68. The molecule has 0 unspecified atom stereocenters. The molecule has 0 radical (unpaired) electrons. The first-order valence-electron chi connectivity index (χ1n) is 5.43. The second kappa shape index (κ2) is 5.63. The topological polar surface area (TPSA) is 61.7 Å². The van der Waals surface area contributed by atoms with Crippen molar-refractivity contribution in [3.8, 4) is 11.1 Å². The number of hydrogen-bond donors (Lipinski definition) is 2. The molecule has 90 valence electrons. The highest BCUT2D eigenvalue weighted by molar-refractivity contribution is 6.31. The van der Waals surface area contributed by atoms with E-state index in [4.69, 9.17) is 5.21 Å². The van der Waals surface area contributed by atoms with Gasteiger partial charge in [0.2, 0.25) is 0 Å². The molecule has 0 aliphatic rings. The summed E-state index contributed by atoms with van der Waals surface area (Å²) in [6, 6.07) is 17.3. The maximum absolute atomic E-state index is 11.2. The molecule has 0 saturated carbocycles. The maximum atomic E-state index is 11.2. The molecule has 0 heterocycles. The van der Waals surface area contributed by atoms with E-state index < -0.39 is 5.91 Å². The summed E-state index contributed by atoms with van der Waals surface area (Å²) in [6.07, 6.45) is 0.815. The van der Waals surface area contributed by atoms with Gasteiger partial charge in [-0.3, -0.25) is 4.79 Å². The van der Waals surface area contributed by atoms with E-state index in [9.17, 15) is 4.79 Å². The Hall–Kier alpha value is -2.62. The van der Waals surface area contributed by atoms with Crippen molar-refractivity contribution in [2.24, 2.45) is 5.16 Å². The Morgan fingerprint density at radius 3 is 2.50 bits per heavy atom. The number of rotatable bonds is 3. The summed E-state index contributed by atoms with van der Waals surface area (Å²) in [6.45, 7) is 0. The molecule has 2 rings (SSSR count). The molecule has 0 fully saturated rings. The van der Waals surface area contributed by atoms with Gasteiger partial charge in [0.1, 0.15) is 6.21 Å². The minimum atomic E-state index is -0.470. The van der Waals surface area contributed by atoms with Crippen molar-refractivity contribution in [2.75, 3.05) is 5.32 Å². The fourth-order valence-corrected chi connectivity index (χ4v) is 1.63. The standard InChI is InChI=1S/C14H12N2O2/c17-14(10-15-18)16-13-8-4-7-12(9-13)11-5-2-1-3-6-11/h1-10,18H,(H,16,17)/b15-10-. The van der Waals surface area contributed by atoms with Crippen LogP contribution in [0.5, 0.6) is 0 Å². The molecule has 0 aliphatic carbocycles. The van der Waals surface area contributed by atoms with E-state index >= 15 is 0 Å². The molecule has 18 heavy (non-hydrogen) atoms. The Kier molecular flexibility index (Phi) is 3.71. The van der Waals surface area contributed by atoms with Crippen LogP contribution in [-0.2, 0) is 4.79 Å². The lowest BCUT2D eigenvalue weighted by atomic mass is 10.1. The van der Waals surface area contributed by atoms with E-state index in [1.54, 1.807) is 6.07 Å². The fourth-order valence-electron chi connectivity index (χ4n) is 1.63. The molecule has 0 atom stereocenters. The lowest BCUT2D eigenvalue weighted by Crippen LogP contribution is -2.12. The summed E-state index contributed by atoms with van der Waals surface area (Å²) in [4.78, 5) is 11.2. The minimum absolute atomic E-state index is 0.470. The van der Waals surface area contributed by atoms with Gasteiger partial charge in [0, 0.05) is 5.69 Å². The zero-order valence-electron chi connectivity index (χ0n) is 9.58. The minimum Gasteiger partial charge on any atom is -0.411 e. The zero-order chi connectivity index (χ0) is 12.8. The van der Waals surface area contributed by atoms with Gasteiger partial charge in [-0.05, 0) is 23.3 Å². The smallest absolute Gasteiger partial charge is 0.270 e. The number of carbonyl (C=O) groups is 1. The van der Waals surface area contributed by atoms with Crippen molar-refractivity contribution >= 4 is 17.8 Å². The number of nitrogens with zero attached hydrogens (tertiary/aromatic N) is 1. The summed E-state index contributed by atoms with van der Waals surface area (Å²) in [7, 11) is 0. The van der Waals surface area contributed by atoms with Gasteiger partial charge in [0.15, 0.2) is 0 Å². The third kappa shape index (κ3) is 2.95. The molecule has 1 amide bonds. The van der Waals surface area contributed by atoms with Crippen LogP contribution >= 0.6 is 0 Å². The van der Waals surface area contributed by atoms with Crippen LogP contribution in [0, 0.1) is 0 Å². The van der Waals surface area contributed by atoms with Crippen LogP contribution in [0.25, 0.3) is 11.1 Å². The molecule has 4 nitrogen and oxygen atoms in total. The molecule has 4 heteroatoms. The van der Waals surface area contributed by atoms with Gasteiger partial charge in [-0.25, -0.2) is 0 Å². The van der Waals surface area contributed by atoms with E-state index in [0.29, 0.717) is 5.69 Å². The quantitative estimate of drug-likeness (QED) is 0.492. The van der Waals surface area contributed by atoms with E-state index in [1.807, 2.05) is 48.5 Å². The number of nitrogens with one attached hydrogen (secondary N) is 1. The number of benzene rings is 2. The molecular formula is C14H12N2O2. The first-order valence-corrected chi connectivity index (χ1v) is 5.43. The predicted octanol–water partition coefficient (Wildman–Crippen LogP) is 2.75. The lowest BCUT2D eigenvalue weighted by molar-refractivity contribution is -0.110. The Morgan fingerprint density at radius 1 is 1.06 bits per heavy atom. The summed E-state index contributed by atoms with van der Waals surface area (Å²) in [5.74, 6) is -0.470. The van der Waals surface area contributed by atoms with Gasteiger partial charge in [0.25, 0.3) is 5.91 Å². The second-order valence-corrected chi connectivity index (χ2v) is 3.68. The number of carbonyl (C=O) groups excluding carboxylic acids is 1. The highest BCUT2D eigenvalue weighted by atomic mass is 16.4. The largest absolute Gasteiger partial charge is 0.411 e. The maximum Gasteiger partial charge on any atom is 0.270 e. The molecule has 0 bridgehead atoms. The van der Waals surface area contributed by atoms with Crippen molar-refractivity contribution in [3.05, 3.63) is 54.6 Å². The Bertz CT molecular complexity index is 565. The van der Waals surface area contributed by atoms with Crippen molar-refractivity contribution in [1.82, 2.24) is 0 Å². The van der Waals surface area contributed by atoms with Gasteiger partial charge in [-0.15, -0.1) is 0 Å². The monoisotopic (exact) mass is 240 g/mol. The van der Waals surface area contributed by atoms with Gasteiger partial charge in [-0.1, -0.05) is 47.6 Å².